The number of phenolic OH excluding ortho intramolecular Hbond substituents is 1. The van der Waals surface area contributed by atoms with E-state index in [1.165, 1.54) is 12.1 Å². The minimum absolute atomic E-state index is 0.0292. The maximum atomic E-state index is 11.5. The van der Waals surface area contributed by atoms with Crippen molar-refractivity contribution in [3.05, 3.63) is 84.2 Å². The quantitative estimate of drug-likeness (QED) is 0.518. The molecular weight excluding hydrogens is 408 g/mol. The average Bonchev–Trinajstić information content (AvgIpc) is 2.72. The van der Waals surface area contributed by atoms with Crippen molar-refractivity contribution in [1.82, 2.24) is 10.3 Å². The Balaban J connectivity index is 1.84. The molecule has 0 atom stereocenters. The van der Waals surface area contributed by atoms with Gasteiger partial charge in [-0.2, -0.15) is 0 Å². The number of thiocarbonyl (C=S) groups is 1. The predicted octanol–water partition coefficient (Wildman–Crippen LogP) is 2.52. The van der Waals surface area contributed by atoms with Crippen LogP contribution in [0.4, 0.5) is 5.69 Å². The molecule has 0 aliphatic rings. The molecule has 0 spiro atoms. The van der Waals surface area contributed by atoms with Crippen molar-refractivity contribution in [2.45, 2.75) is 18.0 Å². The van der Waals surface area contributed by atoms with Crippen molar-refractivity contribution in [3.8, 4) is 5.75 Å². The Kier molecular flexibility index (Phi) is 6.42. The van der Waals surface area contributed by atoms with Gasteiger partial charge in [0.15, 0.2) is 5.11 Å². The van der Waals surface area contributed by atoms with Gasteiger partial charge in [0.1, 0.15) is 5.75 Å². The van der Waals surface area contributed by atoms with Gasteiger partial charge in [-0.3, -0.25) is 4.98 Å². The van der Waals surface area contributed by atoms with E-state index >= 15 is 0 Å². The molecule has 7 nitrogen and oxygen atoms in total. The SMILES string of the molecule is NS(=O)(=O)c1ccc(N(Cc2ccc(O)cc2)C(=S)NCc2ccncc2)cc1. The maximum absolute atomic E-state index is 11.5. The summed E-state index contributed by atoms with van der Waals surface area (Å²) >= 11 is 5.59. The fourth-order valence-corrected chi connectivity index (χ4v) is 3.41. The van der Waals surface area contributed by atoms with E-state index in [1.54, 1.807) is 48.8 Å². The molecule has 1 heterocycles. The van der Waals surface area contributed by atoms with Crippen molar-refractivity contribution in [3.63, 3.8) is 0 Å². The van der Waals surface area contributed by atoms with Crippen LogP contribution in [0.25, 0.3) is 0 Å². The van der Waals surface area contributed by atoms with Crippen LogP contribution in [0.3, 0.4) is 0 Å². The van der Waals surface area contributed by atoms with Crippen LogP contribution in [-0.4, -0.2) is 23.6 Å². The fourth-order valence-electron chi connectivity index (χ4n) is 2.65. The molecule has 0 saturated carbocycles. The smallest absolute Gasteiger partial charge is 0.238 e. The number of primary sulfonamides is 1. The number of nitrogens with zero attached hydrogens (tertiary/aromatic N) is 2. The molecule has 0 aliphatic carbocycles. The van der Waals surface area contributed by atoms with Crippen LogP contribution in [-0.2, 0) is 23.1 Å². The van der Waals surface area contributed by atoms with E-state index in [0.717, 1.165) is 11.1 Å². The molecule has 0 radical (unpaired) electrons. The predicted molar refractivity (Wildman–Crippen MR) is 116 cm³/mol. The summed E-state index contributed by atoms with van der Waals surface area (Å²) in [5.41, 5.74) is 2.65. The summed E-state index contributed by atoms with van der Waals surface area (Å²) in [6.45, 7) is 0.944. The second-order valence-corrected chi connectivity index (χ2v) is 8.25. The van der Waals surface area contributed by atoms with E-state index in [1.807, 2.05) is 17.0 Å². The maximum Gasteiger partial charge on any atom is 0.238 e. The molecule has 0 bridgehead atoms. The van der Waals surface area contributed by atoms with Crippen LogP contribution in [0.2, 0.25) is 0 Å². The number of nitrogens with two attached hydrogens (primary N) is 1. The van der Waals surface area contributed by atoms with Crippen LogP contribution in [0.5, 0.6) is 5.75 Å². The van der Waals surface area contributed by atoms with Gasteiger partial charge in [-0.1, -0.05) is 12.1 Å². The topological polar surface area (TPSA) is 109 Å². The van der Waals surface area contributed by atoms with Gasteiger partial charge in [0.2, 0.25) is 10.0 Å². The first-order valence-electron chi connectivity index (χ1n) is 8.68. The van der Waals surface area contributed by atoms with Crippen LogP contribution in [0.1, 0.15) is 11.1 Å². The second-order valence-electron chi connectivity index (χ2n) is 6.31. The van der Waals surface area contributed by atoms with E-state index in [-0.39, 0.29) is 10.6 Å². The Morgan fingerprint density at radius 1 is 1.00 bits per heavy atom. The van der Waals surface area contributed by atoms with E-state index in [0.29, 0.717) is 23.9 Å². The Bertz CT molecular complexity index is 1070. The molecule has 0 unspecified atom stereocenters. The lowest BCUT2D eigenvalue weighted by molar-refractivity contribution is 0.475. The molecule has 0 aliphatic heterocycles. The van der Waals surface area contributed by atoms with Gasteiger partial charge in [0.25, 0.3) is 0 Å². The number of aromatic hydroxyl groups is 1. The summed E-state index contributed by atoms with van der Waals surface area (Å²) in [5.74, 6) is 0.177. The van der Waals surface area contributed by atoms with Crippen molar-refractivity contribution < 1.29 is 13.5 Å². The number of phenols is 1. The molecule has 2 aromatic carbocycles. The highest BCUT2D eigenvalue weighted by Crippen LogP contribution is 2.21. The molecular formula is C20H20N4O3S2. The molecule has 3 aromatic rings. The molecule has 0 fully saturated rings. The Morgan fingerprint density at radius 3 is 2.21 bits per heavy atom. The monoisotopic (exact) mass is 428 g/mol. The van der Waals surface area contributed by atoms with Gasteiger partial charge in [0, 0.05) is 24.6 Å². The summed E-state index contributed by atoms with van der Waals surface area (Å²) in [6.07, 6.45) is 3.42. The number of rotatable bonds is 6. The van der Waals surface area contributed by atoms with Gasteiger partial charge < -0.3 is 15.3 Å². The minimum Gasteiger partial charge on any atom is -0.508 e. The number of sulfonamides is 1. The zero-order valence-electron chi connectivity index (χ0n) is 15.4. The van der Waals surface area contributed by atoms with E-state index in [9.17, 15) is 13.5 Å². The largest absolute Gasteiger partial charge is 0.508 e. The van der Waals surface area contributed by atoms with Gasteiger partial charge in [-0.05, 0) is 71.9 Å². The third-order valence-corrected chi connectivity index (χ3v) is 5.49. The molecule has 9 heteroatoms. The molecule has 150 valence electrons. The first-order valence-corrected chi connectivity index (χ1v) is 10.6. The van der Waals surface area contributed by atoms with Crippen molar-refractivity contribution in [1.29, 1.82) is 0 Å². The van der Waals surface area contributed by atoms with Crippen molar-refractivity contribution in [2.24, 2.45) is 5.14 Å². The Hall–Kier alpha value is -3.01. The summed E-state index contributed by atoms with van der Waals surface area (Å²) in [6, 6.07) is 16.8. The third kappa shape index (κ3) is 5.74. The molecule has 3 rings (SSSR count). The second kappa shape index (κ2) is 8.99. The number of aromatic nitrogens is 1. The third-order valence-electron chi connectivity index (χ3n) is 4.19. The number of nitrogens with one attached hydrogen (secondary N) is 1. The highest BCUT2D eigenvalue weighted by molar-refractivity contribution is 7.89. The van der Waals surface area contributed by atoms with E-state index in [4.69, 9.17) is 17.4 Å². The lowest BCUT2D eigenvalue weighted by atomic mass is 10.2. The van der Waals surface area contributed by atoms with Gasteiger partial charge in [0.05, 0.1) is 11.4 Å². The average molecular weight is 429 g/mol. The van der Waals surface area contributed by atoms with E-state index < -0.39 is 10.0 Å². The standard InChI is InChI=1S/C20H20N4O3S2/c21-29(26,27)19-7-3-17(4-8-19)24(14-16-1-5-18(25)6-2-16)20(28)23-13-15-9-11-22-12-10-15/h1-12,25H,13-14H2,(H,23,28)(H2,21,26,27). The van der Waals surface area contributed by atoms with Crippen LogP contribution >= 0.6 is 12.2 Å². The minimum atomic E-state index is -3.78. The molecule has 0 amide bonds. The molecule has 1 aromatic heterocycles. The number of hydrogen-bond donors (Lipinski definition) is 3. The summed E-state index contributed by atoms with van der Waals surface area (Å²) < 4.78 is 23.1. The van der Waals surface area contributed by atoms with Gasteiger partial charge in [-0.15, -0.1) is 0 Å². The lowest BCUT2D eigenvalue weighted by Crippen LogP contribution is -2.39. The lowest BCUT2D eigenvalue weighted by Gasteiger charge is -2.26. The summed E-state index contributed by atoms with van der Waals surface area (Å²) in [5, 5.41) is 18.4. The molecule has 4 N–H and O–H groups in total. The normalized spacial score (nSPS) is 11.1. The first kappa shape index (κ1) is 20.7. The van der Waals surface area contributed by atoms with Crippen LogP contribution in [0, 0.1) is 0 Å². The highest BCUT2D eigenvalue weighted by Gasteiger charge is 2.15. The zero-order valence-corrected chi connectivity index (χ0v) is 17.0. The van der Waals surface area contributed by atoms with Gasteiger partial charge >= 0.3 is 0 Å². The summed E-state index contributed by atoms with van der Waals surface area (Å²) in [4.78, 5) is 5.87. The zero-order chi connectivity index (χ0) is 20.9. The number of anilines is 1. The first-order chi connectivity index (χ1) is 13.8. The van der Waals surface area contributed by atoms with E-state index in [2.05, 4.69) is 10.3 Å². The fraction of sp³-hybridized carbons (Fsp3) is 0.100. The number of hydrogen-bond acceptors (Lipinski definition) is 5. The Morgan fingerprint density at radius 2 is 1.62 bits per heavy atom. The molecule has 29 heavy (non-hydrogen) atoms. The van der Waals surface area contributed by atoms with Crippen LogP contribution in [0.15, 0.2) is 78.0 Å². The molecule has 0 saturated heterocycles. The Labute approximate surface area is 174 Å². The van der Waals surface area contributed by atoms with Crippen molar-refractivity contribution >= 4 is 33.0 Å². The highest BCUT2D eigenvalue weighted by atomic mass is 32.2. The number of pyridine rings is 1. The summed E-state index contributed by atoms with van der Waals surface area (Å²) in [7, 11) is -3.78. The van der Waals surface area contributed by atoms with Gasteiger partial charge in [-0.25, -0.2) is 13.6 Å². The van der Waals surface area contributed by atoms with Crippen LogP contribution < -0.4 is 15.4 Å². The van der Waals surface area contributed by atoms with Crippen molar-refractivity contribution in [2.75, 3.05) is 4.90 Å². The number of benzene rings is 2.